The molecule has 0 spiro atoms. The van der Waals surface area contributed by atoms with E-state index in [2.05, 4.69) is 33.8 Å². The first-order valence-corrected chi connectivity index (χ1v) is 5.76. The summed E-state index contributed by atoms with van der Waals surface area (Å²) in [6, 6.07) is 8.36. The van der Waals surface area contributed by atoms with Gasteiger partial charge in [0.1, 0.15) is 0 Å². The van der Waals surface area contributed by atoms with E-state index in [0.717, 1.165) is 0 Å². The van der Waals surface area contributed by atoms with Gasteiger partial charge in [-0.25, -0.2) is 0 Å². The molecule has 0 radical (unpaired) electrons. The summed E-state index contributed by atoms with van der Waals surface area (Å²) in [5.74, 6) is 4.03. The van der Waals surface area contributed by atoms with Crippen LogP contribution in [-0.2, 0) is 0 Å². The third-order valence-corrected chi connectivity index (χ3v) is 3.46. The summed E-state index contributed by atoms with van der Waals surface area (Å²) in [4.78, 5) is 5.32. The van der Waals surface area contributed by atoms with Gasteiger partial charge in [0.15, 0.2) is 0 Å². The predicted molar refractivity (Wildman–Crippen MR) is 63.8 cm³/mol. The van der Waals surface area contributed by atoms with Gasteiger partial charge in [0.2, 0.25) is 0 Å². The van der Waals surface area contributed by atoms with Crippen LogP contribution >= 0.6 is 10.7 Å². The van der Waals surface area contributed by atoms with Crippen LogP contribution in [0.2, 0.25) is 0 Å². The highest BCUT2D eigenvalue weighted by molar-refractivity contribution is 8.12. The molecule has 72 valence electrons. The number of hydrogen-bond donors (Lipinski definition) is 1. The third kappa shape index (κ3) is 1.69. The van der Waals surface area contributed by atoms with Crippen LogP contribution in [0.3, 0.4) is 0 Å². The Balaban J connectivity index is 2.56. The minimum atomic E-state index is -0.124. The van der Waals surface area contributed by atoms with Crippen molar-refractivity contribution in [2.24, 2.45) is 0 Å². The second kappa shape index (κ2) is 3.90. The third-order valence-electron chi connectivity index (χ3n) is 2.14. The molecule has 0 aliphatic carbocycles. The van der Waals surface area contributed by atoms with E-state index in [9.17, 15) is 0 Å². The normalized spacial score (nSPS) is 12.9. The van der Waals surface area contributed by atoms with Gasteiger partial charge in [-0.15, -0.1) is 0 Å². The monoisotopic (exact) mass is 204 g/mol. The number of fused-ring (bicyclic) bond motifs is 1. The molecule has 1 unspecified atom stereocenters. The van der Waals surface area contributed by atoms with E-state index in [4.69, 9.17) is 0 Å². The molecule has 0 aliphatic heterocycles. The second-order valence-electron chi connectivity index (χ2n) is 2.98. The van der Waals surface area contributed by atoms with E-state index in [1.807, 2.05) is 25.5 Å². The van der Waals surface area contributed by atoms with Crippen molar-refractivity contribution in [1.29, 1.82) is 0 Å². The van der Waals surface area contributed by atoms with E-state index in [1.165, 1.54) is 15.7 Å². The van der Waals surface area contributed by atoms with Gasteiger partial charge in [-0.1, -0.05) is 22.6 Å². The summed E-state index contributed by atoms with van der Waals surface area (Å²) in [7, 11) is 1.80. The molecular weight excluding hydrogens is 192 g/mol. The fraction of sp³-hybridized carbons (Fsp3) is 0.0909. The lowest BCUT2D eigenvalue weighted by atomic mass is 10.2. The van der Waals surface area contributed by atoms with E-state index >= 15 is 0 Å². The molecule has 2 rings (SSSR count). The van der Waals surface area contributed by atoms with Gasteiger partial charge in [0, 0.05) is 22.7 Å². The maximum Gasteiger partial charge on any atom is 0.0346 e. The van der Waals surface area contributed by atoms with Crippen molar-refractivity contribution in [2.45, 2.75) is 4.90 Å². The Labute approximate surface area is 86.0 Å². The smallest absolute Gasteiger partial charge is 0.0346 e. The van der Waals surface area contributed by atoms with Crippen molar-refractivity contribution in [1.82, 2.24) is 9.71 Å². The van der Waals surface area contributed by atoms with E-state index in [1.54, 1.807) is 0 Å². The van der Waals surface area contributed by atoms with Crippen LogP contribution in [0, 0.1) is 0 Å². The lowest BCUT2D eigenvalue weighted by molar-refractivity contribution is 1.27. The van der Waals surface area contributed by atoms with Crippen LogP contribution in [0.15, 0.2) is 41.6 Å². The fourth-order valence-electron chi connectivity index (χ4n) is 1.33. The topological polar surface area (TPSA) is 24.9 Å². The molecule has 0 amide bonds. The number of hydrogen-bond acceptors (Lipinski definition) is 2. The lowest BCUT2D eigenvalue weighted by Crippen LogP contribution is -1.95. The average molecular weight is 204 g/mol. The van der Waals surface area contributed by atoms with Gasteiger partial charge in [0.25, 0.3) is 0 Å². The Bertz CT molecular complexity index is 479. The molecule has 1 N–H and O–H groups in total. The largest absolute Gasteiger partial charge is 0.269 e. The Kier molecular flexibility index (Phi) is 2.61. The minimum absolute atomic E-state index is 0.124. The Morgan fingerprint density at radius 1 is 1.29 bits per heavy atom. The van der Waals surface area contributed by atoms with Crippen LogP contribution in [0.1, 0.15) is 0 Å². The van der Waals surface area contributed by atoms with Crippen molar-refractivity contribution in [3.05, 3.63) is 36.7 Å². The predicted octanol–water partition coefficient (Wildman–Crippen LogP) is 2.43. The van der Waals surface area contributed by atoms with Gasteiger partial charge >= 0.3 is 0 Å². The van der Waals surface area contributed by atoms with Crippen molar-refractivity contribution in [3.63, 3.8) is 0 Å². The molecule has 14 heavy (non-hydrogen) atoms. The lowest BCUT2D eigenvalue weighted by Gasteiger charge is -2.06. The zero-order chi connectivity index (χ0) is 9.97. The number of nitrogens with one attached hydrogen (secondary N) is 1. The molecule has 2 nitrogen and oxygen atoms in total. The first-order chi connectivity index (χ1) is 6.81. The van der Waals surface area contributed by atoms with Crippen LogP contribution in [-0.4, -0.2) is 17.9 Å². The molecule has 1 atom stereocenters. The van der Waals surface area contributed by atoms with E-state index in [-0.39, 0.29) is 10.7 Å². The molecule has 1 aromatic carbocycles. The summed E-state index contributed by atoms with van der Waals surface area (Å²) < 4.78 is 3.14. The number of nitrogens with zero attached hydrogens (tertiary/aromatic N) is 1. The number of pyridine rings is 1. The number of rotatable bonds is 2. The van der Waals surface area contributed by atoms with Crippen molar-refractivity contribution in [3.8, 4) is 0 Å². The first-order valence-electron chi connectivity index (χ1n) is 4.36. The van der Waals surface area contributed by atoms with Gasteiger partial charge in [-0.2, -0.15) is 0 Å². The zero-order valence-corrected chi connectivity index (χ0v) is 8.84. The van der Waals surface area contributed by atoms with Gasteiger partial charge in [-0.3, -0.25) is 9.71 Å². The standard InChI is InChI=1S/C11H12N2S/c1-12-14(2)11-4-3-9-5-6-13-8-10(9)7-11/h3-8,12H,2H2,1H3. The van der Waals surface area contributed by atoms with Crippen LogP contribution in [0.4, 0.5) is 0 Å². The summed E-state index contributed by atoms with van der Waals surface area (Å²) in [5.41, 5.74) is 0. The van der Waals surface area contributed by atoms with Crippen LogP contribution in [0.25, 0.3) is 10.8 Å². The van der Waals surface area contributed by atoms with Crippen LogP contribution < -0.4 is 4.72 Å². The van der Waals surface area contributed by atoms with Gasteiger partial charge < -0.3 is 0 Å². The maximum absolute atomic E-state index is 4.10. The highest BCUT2D eigenvalue weighted by atomic mass is 32.2. The summed E-state index contributed by atoms with van der Waals surface area (Å²) in [6.07, 6.45) is 3.69. The molecule has 3 heteroatoms. The second-order valence-corrected chi connectivity index (χ2v) is 4.64. The van der Waals surface area contributed by atoms with Gasteiger partial charge in [0.05, 0.1) is 0 Å². The van der Waals surface area contributed by atoms with E-state index in [0.29, 0.717) is 0 Å². The summed E-state index contributed by atoms with van der Waals surface area (Å²) >= 11 is 0. The number of aromatic nitrogens is 1. The minimum Gasteiger partial charge on any atom is -0.269 e. The van der Waals surface area contributed by atoms with E-state index < -0.39 is 0 Å². The average Bonchev–Trinajstić information content (AvgIpc) is 2.27. The highest BCUT2D eigenvalue weighted by Crippen LogP contribution is 2.24. The fourth-order valence-corrected chi connectivity index (χ4v) is 2.07. The molecule has 1 aromatic heterocycles. The molecular formula is C11H12N2S. The van der Waals surface area contributed by atoms with Crippen molar-refractivity contribution < 1.29 is 0 Å². The van der Waals surface area contributed by atoms with Crippen molar-refractivity contribution in [2.75, 3.05) is 7.05 Å². The highest BCUT2D eigenvalue weighted by Gasteiger charge is 1.97. The molecule has 0 saturated heterocycles. The molecule has 0 saturated carbocycles. The SMILES string of the molecule is C=S(NC)c1ccc2ccncc2c1. The molecule has 1 heterocycles. The zero-order valence-electron chi connectivity index (χ0n) is 8.03. The Morgan fingerprint density at radius 3 is 2.93 bits per heavy atom. The first kappa shape index (κ1) is 9.37. The molecule has 0 fully saturated rings. The summed E-state index contributed by atoms with van der Waals surface area (Å²) in [5, 5.41) is 2.39. The van der Waals surface area contributed by atoms with Crippen molar-refractivity contribution >= 4 is 27.3 Å². The molecule has 0 aliphatic rings. The van der Waals surface area contributed by atoms with Crippen LogP contribution in [0.5, 0.6) is 0 Å². The molecule has 2 aromatic rings. The Morgan fingerprint density at radius 2 is 2.14 bits per heavy atom. The molecule has 0 bridgehead atoms. The number of benzene rings is 1. The quantitative estimate of drug-likeness (QED) is 0.760. The maximum atomic E-state index is 4.10. The van der Waals surface area contributed by atoms with Gasteiger partial charge in [-0.05, 0) is 30.6 Å². The Hall–Kier alpha value is -1.19. The summed E-state index contributed by atoms with van der Waals surface area (Å²) in [6.45, 7) is 0.